The fourth-order valence-electron chi connectivity index (χ4n) is 3.02. The zero-order valence-corrected chi connectivity index (χ0v) is 13.8. The number of carbonyl (C=O) groups is 3. The SMILES string of the molecule is CNCC(=O)N1CCN2C(=O)N(CCc3cccs3)C(=O)[C@H]2C1. The van der Waals surface area contributed by atoms with E-state index in [-0.39, 0.29) is 24.4 Å². The number of nitrogens with one attached hydrogen (secondary N) is 1. The molecule has 3 rings (SSSR count). The maximum Gasteiger partial charge on any atom is 0.327 e. The Morgan fingerprint density at radius 2 is 2.22 bits per heavy atom. The highest BCUT2D eigenvalue weighted by Gasteiger charge is 2.47. The Balaban J connectivity index is 1.64. The summed E-state index contributed by atoms with van der Waals surface area (Å²) in [7, 11) is 1.71. The van der Waals surface area contributed by atoms with Gasteiger partial charge >= 0.3 is 6.03 Å². The minimum absolute atomic E-state index is 0.0376. The van der Waals surface area contributed by atoms with Crippen molar-refractivity contribution in [3.8, 4) is 0 Å². The lowest BCUT2D eigenvalue weighted by molar-refractivity contribution is -0.135. The Hall–Kier alpha value is -1.93. The molecule has 124 valence electrons. The van der Waals surface area contributed by atoms with Crippen molar-refractivity contribution in [2.24, 2.45) is 0 Å². The maximum absolute atomic E-state index is 12.5. The van der Waals surface area contributed by atoms with E-state index in [1.807, 2.05) is 17.5 Å². The monoisotopic (exact) mass is 336 g/mol. The average Bonchev–Trinajstić information content (AvgIpc) is 3.14. The number of likely N-dealkylation sites (N-methyl/N-ethyl adjacent to an activating group) is 1. The highest BCUT2D eigenvalue weighted by molar-refractivity contribution is 7.09. The zero-order valence-electron chi connectivity index (χ0n) is 13.0. The van der Waals surface area contributed by atoms with Crippen molar-refractivity contribution in [3.63, 3.8) is 0 Å². The molecule has 2 aliphatic heterocycles. The van der Waals surface area contributed by atoms with E-state index in [1.165, 1.54) is 4.90 Å². The van der Waals surface area contributed by atoms with Crippen LogP contribution in [0.1, 0.15) is 4.88 Å². The lowest BCUT2D eigenvalue weighted by atomic mass is 10.2. The van der Waals surface area contributed by atoms with E-state index in [1.54, 1.807) is 28.2 Å². The van der Waals surface area contributed by atoms with Crippen LogP contribution in [-0.4, -0.2) is 78.4 Å². The summed E-state index contributed by atoms with van der Waals surface area (Å²) in [4.78, 5) is 42.7. The van der Waals surface area contributed by atoms with Crippen LogP contribution < -0.4 is 5.32 Å². The second kappa shape index (κ2) is 6.67. The molecule has 0 aromatic carbocycles. The van der Waals surface area contributed by atoms with Crippen LogP contribution in [0.25, 0.3) is 0 Å². The van der Waals surface area contributed by atoms with Crippen LogP contribution in [0.2, 0.25) is 0 Å². The molecule has 0 spiro atoms. The van der Waals surface area contributed by atoms with Crippen LogP contribution in [0.4, 0.5) is 4.79 Å². The van der Waals surface area contributed by atoms with Gasteiger partial charge in [-0.05, 0) is 24.9 Å². The number of imide groups is 1. The van der Waals surface area contributed by atoms with E-state index in [9.17, 15) is 14.4 Å². The molecule has 0 bridgehead atoms. The first kappa shape index (κ1) is 15.9. The Morgan fingerprint density at radius 3 is 2.91 bits per heavy atom. The van der Waals surface area contributed by atoms with Gasteiger partial charge in [0.2, 0.25) is 5.91 Å². The van der Waals surface area contributed by atoms with Gasteiger partial charge in [-0.25, -0.2) is 4.79 Å². The highest BCUT2D eigenvalue weighted by atomic mass is 32.1. The molecule has 1 aromatic rings. The maximum atomic E-state index is 12.5. The predicted octanol–water partition coefficient (Wildman–Crippen LogP) is -0.0150. The van der Waals surface area contributed by atoms with Crippen molar-refractivity contribution in [2.45, 2.75) is 12.5 Å². The zero-order chi connectivity index (χ0) is 16.4. The smallest absolute Gasteiger partial charge is 0.327 e. The minimum atomic E-state index is -0.527. The van der Waals surface area contributed by atoms with Gasteiger partial charge in [-0.2, -0.15) is 0 Å². The first-order valence-electron chi connectivity index (χ1n) is 7.68. The normalized spacial score (nSPS) is 21.1. The molecule has 2 saturated heterocycles. The number of hydrogen-bond acceptors (Lipinski definition) is 5. The van der Waals surface area contributed by atoms with E-state index in [0.717, 1.165) is 4.88 Å². The van der Waals surface area contributed by atoms with Crippen molar-refractivity contribution in [2.75, 3.05) is 39.8 Å². The fraction of sp³-hybridized carbons (Fsp3) is 0.533. The van der Waals surface area contributed by atoms with Gasteiger partial charge < -0.3 is 15.1 Å². The molecule has 2 aliphatic rings. The molecule has 3 heterocycles. The topological polar surface area (TPSA) is 73.0 Å². The summed E-state index contributed by atoms with van der Waals surface area (Å²) in [6.07, 6.45) is 0.679. The van der Waals surface area contributed by atoms with E-state index < -0.39 is 6.04 Å². The molecular weight excluding hydrogens is 316 g/mol. The third-order valence-corrected chi connectivity index (χ3v) is 5.19. The molecule has 8 heteroatoms. The Bertz CT molecular complexity index is 604. The molecule has 7 nitrogen and oxygen atoms in total. The molecule has 23 heavy (non-hydrogen) atoms. The molecule has 1 aromatic heterocycles. The molecule has 1 atom stereocenters. The number of hydrogen-bond donors (Lipinski definition) is 1. The van der Waals surface area contributed by atoms with E-state index in [0.29, 0.717) is 32.6 Å². The summed E-state index contributed by atoms with van der Waals surface area (Å²) in [5, 5.41) is 4.81. The van der Waals surface area contributed by atoms with E-state index in [2.05, 4.69) is 5.32 Å². The fourth-order valence-corrected chi connectivity index (χ4v) is 3.72. The Kier molecular flexibility index (Phi) is 4.63. The molecule has 0 saturated carbocycles. The summed E-state index contributed by atoms with van der Waals surface area (Å²) >= 11 is 1.62. The largest absolute Gasteiger partial charge is 0.337 e. The third kappa shape index (κ3) is 3.09. The predicted molar refractivity (Wildman–Crippen MR) is 86.1 cm³/mol. The summed E-state index contributed by atoms with van der Waals surface area (Å²) in [5.41, 5.74) is 0. The van der Waals surface area contributed by atoms with Crippen LogP contribution >= 0.6 is 11.3 Å². The van der Waals surface area contributed by atoms with Gasteiger partial charge in [0.1, 0.15) is 6.04 Å². The van der Waals surface area contributed by atoms with Crippen LogP contribution in [0.3, 0.4) is 0 Å². The second-order valence-corrected chi connectivity index (χ2v) is 6.71. The number of amides is 4. The van der Waals surface area contributed by atoms with Gasteiger partial charge in [-0.3, -0.25) is 14.5 Å². The van der Waals surface area contributed by atoms with Crippen molar-refractivity contribution < 1.29 is 14.4 Å². The van der Waals surface area contributed by atoms with Gasteiger partial charge in [0.25, 0.3) is 5.91 Å². The first-order valence-corrected chi connectivity index (χ1v) is 8.56. The Labute approximate surface area is 138 Å². The van der Waals surface area contributed by atoms with Crippen LogP contribution in [0.15, 0.2) is 17.5 Å². The van der Waals surface area contributed by atoms with Gasteiger partial charge in [-0.15, -0.1) is 11.3 Å². The molecule has 0 radical (unpaired) electrons. The van der Waals surface area contributed by atoms with Crippen LogP contribution in [-0.2, 0) is 16.0 Å². The molecule has 0 unspecified atom stereocenters. The summed E-state index contributed by atoms with van der Waals surface area (Å²) < 4.78 is 0. The summed E-state index contributed by atoms with van der Waals surface area (Å²) in [6.45, 7) is 1.84. The summed E-state index contributed by atoms with van der Waals surface area (Å²) in [6, 6.07) is 3.21. The third-order valence-electron chi connectivity index (χ3n) is 4.25. The van der Waals surface area contributed by atoms with E-state index >= 15 is 0 Å². The number of rotatable bonds is 5. The van der Waals surface area contributed by atoms with Crippen molar-refractivity contribution in [1.82, 2.24) is 20.0 Å². The number of nitrogens with zero attached hydrogens (tertiary/aromatic N) is 3. The van der Waals surface area contributed by atoms with Crippen LogP contribution in [0.5, 0.6) is 0 Å². The molecular formula is C15H20N4O3S. The Morgan fingerprint density at radius 1 is 1.39 bits per heavy atom. The number of thiophene rings is 1. The quantitative estimate of drug-likeness (QED) is 0.768. The lowest BCUT2D eigenvalue weighted by Crippen LogP contribution is -2.55. The van der Waals surface area contributed by atoms with Gasteiger partial charge in [0, 0.05) is 24.5 Å². The molecule has 2 fully saturated rings. The summed E-state index contributed by atoms with van der Waals surface area (Å²) in [5.74, 6) is -0.224. The molecule has 0 aliphatic carbocycles. The number of piperazine rings is 1. The molecule has 1 N–H and O–H groups in total. The van der Waals surface area contributed by atoms with Gasteiger partial charge in [0.05, 0.1) is 13.1 Å². The lowest BCUT2D eigenvalue weighted by Gasteiger charge is -2.35. The second-order valence-electron chi connectivity index (χ2n) is 5.68. The standard InChI is InChI=1S/C15H20N4O3S/c1-16-9-13(20)17-6-7-18-12(10-17)14(21)19(15(18)22)5-4-11-3-2-8-23-11/h2-3,8,12,16H,4-7,9-10H2,1H3/t12-/m1/s1. The number of fused-ring (bicyclic) bond motifs is 1. The molecule has 4 amide bonds. The van der Waals surface area contributed by atoms with Crippen molar-refractivity contribution >= 4 is 29.2 Å². The van der Waals surface area contributed by atoms with Gasteiger partial charge in [-0.1, -0.05) is 6.07 Å². The van der Waals surface area contributed by atoms with Gasteiger partial charge in [0.15, 0.2) is 0 Å². The van der Waals surface area contributed by atoms with Crippen molar-refractivity contribution in [3.05, 3.63) is 22.4 Å². The average molecular weight is 336 g/mol. The highest BCUT2D eigenvalue weighted by Crippen LogP contribution is 2.23. The van der Waals surface area contributed by atoms with Crippen molar-refractivity contribution in [1.29, 1.82) is 0 Å². The van der Waals surface area contributed by atoms with Crippen LogP contribution in [0, 0.1) is 0 Å². The number of urea groups is 1. The number of carbonyl (C=O) groups excluding carboxylic acids is 3. The van der Waals surface area contributed by atoms with E-state index in [4.69, 9.17) is 0 Å². The minimum Gasteiger partial charge on any atom is -0.337 e. The first-order chi connectivity index (χ1) is 11.1.